The van der Waals surface area contributed by atoms with Gasteiger partial charge in [-0.25, -0.2) is 8.42 Å². The van der Waals surface area contributed by atoms with Crippen LogP contribution in [0.5, 0.6) is 0 Å². The van der Waals surface area contributed by atoms with Crippen LogP contribution in [0.3, 0.4) is 0 Å². The Kier molecular flexibility index (Phi) is 4.62. The van der Waals surface area contributed by atoms with E-state index in [1.54, 1.807) is 10.4 Å². The van der Waals surface area contributed by atoms with E-state index >= 15 is 0 Å². The normalized spacial score (nSPS) is 25.7. The van der Waals surface area contributed by atoms with Crippen molar-refractivity contribution < 1.29 is 13.5 Å². The van der Waals surface area contributed by atoms with E-state index in [-0.39, 0.29) is 6.61 Å². The minimum atomic E-state index is -3.41. The summed E-state index contributed by atoms with van der Waals surface area (Å²) < 4.78 is 27.1. The molecule has 19 heavy (non-hydrogen) atoms. The summed E-state index contributed by atoms with van der Waals surface area (Å²) in [5, 5.41) is 9.82. The van der Waals surface area contributed by atoms with E-state index in [9.17, 15) is 13.5 Å². The highest BCUT2D eigenvalue weighted by Gasteiger charge is 2.33. The molecule has 1 N–H and O–H groups in total. The van der Waals surface area contributed by atoms with Gasteiger partial charge in [-0.2, -0.15) is 16.1 Å². The smallest absolute Gasteiger partial charge is 0.252 e. The van der Waals surface area contributed by atoms with Gasteiger partial charge in [-0.3, -0.25) is 0 Å². The highest BCUT2D eigenvalue weighted by atomic mass is 32.2. The lowest BCUT2D eigenvalue weighted by Crippen LogP contribution is -2.43. The number of thioether (sulfide) groups is 1. The van der Waals surface area contributed by atoms with Gasteiger partial charge in [-0.15, -0.1) is 11.3 Å². The molecule has 1 saturated heterocycles. The first-order chi connectivity index (χ1) is 8.84. The van der Waals surface area contributed by atoms with Crippen molar-refractivity contribution in [2.45, 2.75) is 42.1 Å². The molecule has 0 saturated carbocycles. The van der Waals surface area contributed by atoms with Crippen LogP contribution in [0.4, 0.5) is 0 Å². The molecule has 1 aromatic rings. The van der Waals surface area contributed by atoms with Gasteiger partial charge >= 0.3 is 0 Å². The van der Waals surface area contributed by atoms with Crippen molar-refractivity contribution in [2.75, 3.05) is 13.1 Å². The van der Waals surface area contributed by atoms with Crippen molar-refractivity contribution in [1.82, 2.24) is 4.31 Å². The molecular weight excluding hydrogens is 302 g/mol. The molecule has 4 nitrogen and oxygen atoms in total. The van der Waals surface area contributed by atoms with Crippen LogP contribution in [-0.4, -0.2) is 41.4 Å². The van der Waals surface area contributed by atoms with Crippen molar-refractivity contribution in [3.8, 4) is 0 Å². The minimum Gasteiger partial charge on any atom is -0.391 e. The van der Waals surface area contributed by atoms with E-state index in [0.29, 0.717) is 27.8 Å². The molecule has 2 heterocycles. The summed E-state index contributed by atoms with van der Waals surface area (Å²) in [4.78, 5) is 0.728. The third-order valence-corrected chi connectivity index (χ3v) is 7.85. The van der Waals surface area contributed by atoms with E-state index in [4.69, 9.17) is 0 Å². The van der Waals surface area contributed by atoms with E-state index in [1.165, 1.54) is 11.3 Å². The highest BCUT2D eigenvalue weighted by molar-refractivity contribution is 8.00. The number of aliphatic hydroxyl groups is 1. The zero-order chi connectivity index (χ0) is 14.2. The van der Waals surface area contributed by atoms with Gasteiger partial charge in [0.05, 0.1) is 6.61 Å². The van der Waals surface area contributed by atoms with Crippen LogP contribution in [0.25, 0.3) is 0 Å². The maximum Gasteiger partial charge on any atom is 0.252 e. The van der Waals surface area contributed by atoms with Gasteiger partial charge in [0, 0.05) is 28.5 Å². The van der Waals surface area contributed by atoms with Gasteiger partial charge in [0.25, 0.3) is 10.0 Å². The van der Waals surface area contributed by atoms with Gasteiger partial charge in [-0.1, -0.05) is 13.8 Å². The van der Waals surface area contributed by atoms with Crippen LogP contribution in [0, 0.1) is 6.92 Å². The van der Waals surface area contributed by atoms with Crippen LogP contribution in [0.15, 0.2) is 10.3 Å². The standard InChI is InChI=1S/C12H19NO3S3/c1-8-4-12(18-11(8)7-14)19(15,16)13-5-9(2)17-10(3)6-13/h4,9-10,14H,5-7H2,1-3H3. The minimum absolute atomic E-state index is 0.103. The Morgan fingerprint density at radius 2 is 1.95 bits per heavy atom. The highest BCUT2D eigenvalue weighted by Crippen LogP contribution is 2.32. The lowest BCUT2D eigenvalue weighted by Gasteiger charge is -2.33. The van der Waals surface area contributed by atoms with Crippen LogP contribution in [-0.2, 0) is 16.6 Å². The lowest BCUT2D eigenvalue weighted by molar-refractivity contribution is 0.285. The summed E-state index contributed by atoms with van der Waals surface area (Å²) in [5.41, 5.74) is 0.846. The van der Waals surface area contributed by atoms with Gasteiger partial charge in [0.2, 0.25) is 0 Å². The molecule has 108 valence electrons. The molecule has 0 bridgehead atoms. The van der Waals surface area contributed by atoms with Gasteiger partial charge in [0.15, 0.2) is 0 Å². The zero-order valence-corrected chi connectivity index (χ0v) is 13.7. The van der Waals surface area contributed by atoms with Gasteiger partial charge < -0.3 is 5.11 Å². The van der Waals surface area contributed by atoms with E-state index in [1.807, 2.05) is 18.7 Å². The number of aryl methyl sites for hydroxylation is 1. The second kappa shape index (κ2) is 5.73. The SMILES string of the molecule is Cc1cc(S(=O)(=O)N2CC(C)SC(C)C2)sc1CO. The number of nitrogens with zero attached hydrogens (tertiary/aromatic N) is 1. The summed E-state index contributed by atoms with van der Waals surface area (Å²) in [6.45, 7) is 6.96. The molecule has 7 heteroatoms. The summed E-state index contributed by atoms with van der Waals surface area (Å²) in [7, 11) is -3.41. The zero-order valence-electron chi connectivity index (χ0n) is 11.3. The first-order valence-electron chi connectivity index (χ1n) is 6.20. The molecular formula is C12H19NO3S3. The quantitative estimate of drug-likeness (QED) is 0.926. The predicted molar refractivity (Wildman–Crippen MR) is 80.3 cm³/mol. The van der Waals surface area contributed by atoms with Crippen molar-refractivity contribution in [3.05, 3.63) is 16.5 Å². The maximum absolute atomic E-state index is 12.6. The Morgan fingerprint density at radius 1 is 1.37 bits per heavy atom. The third-order valence-electron chi connectivity index (χ3n) is 3.12. The van der Waals surface area contributed by atoms with Crippen LogP contribution < -0.4 is 0 Å². The number of rotatable bonds is 3. The first kappa shape index (κ1) is 15.3. The van der Waals surface area contributed by atoms with Crippen LogP contribution >= 0.6 is 23.1 Å². The van der Waals surface area contributed by atoms with Crippen LogP contribution in [0.1, 0.15) is 24.3 Å². The van der Waals surface area contributed by atoms with Crippen molar-refractivity contribution >= 4 is 33.1 Å². The van der Waals surface area contributed by atoms with Gasteiger partial charge in [-0.05, 0) is 18.6 Å². The predicted octanol–water partition coefficient (Wildman–Crippen LogP) is 2.06. The van der Waals surface area contributed by atoms with Gasteiger partial charge in [0.1, 0.15) is 4.21 Å². The van der Waals surface area contributed by atoms with E-state index < -0.39 is 10.0 Å². The number of thiophene rings is 1. The molecule has 0 radical (unpaired) electrons. The second-order valence-electron chi connectivity index (χ2n) is 4.91. The fraction of sp³-hybridized carbons (Fsp3) is 0.667. The molecule has 1 aliphatic heterocycles. The fourth-order valence-corrected chi connectivity index (χ4v) is 6.96. The average Bonchev–Trinajstić information content (AvgIpc) is 2.70. The van der Waals surface area contributed by atoms with Crippen molar-refractivity contribution in [1.29, 1.82) is 0 Å². The fourth-order valence-electron chi connectivity index (χ4n) is 2.23. The Hall–Kier alpha value is -0.0800. The molecule has 2 unspecified atom stereocenters. The maximum atomic E-state index is 12.6. The number of hydrogen-bond acceptors (Lipinski definition) is 5. The van der Waals surface area contributed by atoms with E-state index in [2.05, 4.69) is 13.8 Å². The third kappa shape index (κ3) is 3.16. The summed E-state index contributed by atoms with van der Waals surface area (Å²) >= 11 is 3.00. The average molecular weight is 321 g/mol. The van der Waals surface area contributed by atoms with Crippen LogP contribution in [0.2, 0.25) is 0 Å². The first-order valence-corrected chi connectivity index (χ1v) is 9.40. The molecule has 1 aliphatic rings. The second-order valence-corrected chi connectivity index (χ2v) is 10.1. The monoisotopic (exact) mass is 321 g/mol. The largest absolute Gasteiger partial charge is 0.391 e. The van der Waals surface area contributed by atoms with Crippen molar-refractivity contribution in [3.63, 3.8) is 0 Å². The summed E-state index contributed by atoms with van der Waals surface area (Å²) in [6, 6.07) is 1.67. The summed E-state index contributed by atoms with van der Waals surface area (Å²) in [6.07, 6.45) is 0. The van der Waals surface area contributed by atoms with E-state index in [0.717, 1.165) is 10.4 Å². The Morgan fingerprint density at radius 3 is 2.42 bits per heavy atom. The number of hydrogen-bond donors (Lipinski definition) is 1. The molecule has 0 aromatic carbocycles. The molecule has 1 fully saturated rings. The number of sulfonamides is 1. The number of aliphatic hydroxyl groups excluding tert-OH is 1. The molecule has 2 rings (SSSR count). The van der Waals surface area contributed by atoms with Crippen molar-refractivity contribution in [2.24, 2.45) is 0 Å². The lowest BCUT2D eigenvalue weighted by atomic mass is 10.3. The Bertz CT molecular complexity index is 543. The molecule has 0 amide bonds. The molecule has 0 spiro atoms. The topological polar surface area (TPSA) is 57.6 Å². The Labute approximate surface area is 122 Å². The molecule has 1 aromatic heterocycles. The molecule has 0 aliphatic carbocycles. The summed E-state index contributed by atoms with van der Waals surface area (Å²) in [5.74, 6) is 0. The Balaban J connectivity index is 2.30. The molecule has 2 atom stereocenters.